The summed E-state index contributed by atoms with van der Waals surface area (Å²) in [5, 5.41) is 12.3. The second kappa shape index (κ2) is 11.0. The summed E-state index contributed by atoms with van der Waals surface area (Å²) in [4.78, 5) is 20.8. The van der Waals surface area contributed by atoms with E-state index >= 15 is 0 Å². The van der Waals surface area contributed by atoms with Crippen LogP contribution in [0.4, 0.5) is 5.82 Å². The van der Waals surface area contributed by atoms with E-state index in [2.05, 4.69) is 27.6 Å². The third-order valence-corrected chi connectivity index (χ3v) is 4.72. The Balaban J connectivity index is 0.000000234. The van der Waals surface area contributed by atoms with Crippen molar-refractivity contribution < 1.29 is 9.53 Å². The van der Waals surface area contributed by atoms with Crippen molar-refractivity contribution in [1.29, 1.82) is 5.26 Å². The van der Waals surface area contributed by atoms with Crippen LogP contribution in [0, 0.1) is 11.5 Å². The first kappa shape index (κ1) is 22.2. The lowest BCUT2D eigenvalue weighted by Gasteiger charge is -2.21. The first-order chi connectivity index (χ1) is 14.0. The molecule has 2 aromatic heterocycles. The molecule has 0 radical (unpaired) electrons. The van der Waals surface area contributed by atoms with Gasteiger partial charge < -0.3 is 19.7 Å². The van der Waals surface area contributed by atoms with E-state index in [0.29, 0.717) is 17.3 Å². The maximum Gasteiger partial charge on any atom is 0.179 e. The highest BCUT2D eigenvalue weighted by Crippen LogP contribution is 2.24. The second-order valence-corrected chi connectivity index (χ2v) is 6.80. The van der Waals surface area contributed by atoms with Crippen molar-refractivity contribution >= 4 is 29.3 Å². The molecule has 29 heavy (non-hydrogen) atoms. The molecule has 1 atom stereocenters. The summed E-state index contributed by atoms with van der Waals surface area (Å²) in [5.41, 5.74) is 2.88. The highest BCUT2D eigenvalue weighted by Gasteiger charge is 2.13. The monoisotopic (exact) mass is 413 g/mol. The van der Waals surface area contributed by atoms with Gasteiger partial charge in [0.15, 0.2) is 6.19 Å². The second-order valence-electron chi connectivity index (χ2n) is 6.40. The predicted octanol–water partition coefficient (Wildman–Crippen LogP) is 3.74. The van der Waals surface area contributed by atoms with Crippen molar-refractivity contribution in [2.24, 2.45) is 0 Å². The fourth-order valence-electron chi connectivity index (χ4n) is 2.67. The van der Waals surface area contributed by atoms with E-state index in [-0.39, 0.29) is 5.92 Å². The maximum atomic E-state index is 10.7. The van der Waals surface area contributed by atoms with E-state index in [9.17, 15) is 4.79 Å². The summed E-state index contributed by atoms with van der Waals surface area (Å²) in [7, 11) is 3.36. The summed E-state index contributed by atoms with van der Waals surface area (Å²) >= 11 is 5.74. The zero-order chi connectivity index (χ0) is 21.2. The molecule has 0 aromatic carbocycles. The number of hydrogen-bond acceptors (Lipinski definition) is 7. The topological polar surface area (TPSA) is 91.1 Å². The largest absolute Gasteiger partial charge is 0.495 e. The number of pyridine rings is 2. The zero-order valence-electron chi connectivity index (χ0n) is 16.7. The van der Waals surface area contributed by atoms with Gasteiger partial charge in [0, 0.05) is 31.8 Å². The van der Waals surface area contributed by atoms with Gasteiger partial charge in [-0.25, -0.2) is 4.98 Å². The fraction of sp³-hybridized carbons (Fsp3) is 0.333. The molecule has 0 spiro atoms. The lowest BCUT2D eigenvalue weighted by Crippen LogP contribution is -2.24. The van der Waals surface area contributed by atoms with Gasteiger partial charge in [-0.1, -0.05) is 30.7 Å². The number of hydrogen-bond donors (Lipinski definition) is 1. The summed E-state index contributed by atoms with van der Waals surface area (Å²) in [5.74, 6) is 1.25. The summed E-state index contributed by atoms with van der Waals surface area (Å²) < 4.78 is 4.98. The minimum atomic E-state index is -0.123. The molecule has 3 heterocycles. The van der Waals surface area contributed by atoms with E-state index in [4.69, 9.17) is 21.6 Å². The predicted molar refractivity (Wildman–Crippen MR) is 114 cm³/mol. The van der Waals surface area contributed by atoms with Gasteiger partial charge >= 0.3 is 0 Å². The number of carbonyl (C=O) groups excluding carboxylic acids is 1. The van der Waals surface area contributed by atoms with E-state index in [1.165, 1.54) is 0 Å². The number of halogens is 1. The quantitative estimate of drug-likeness (QED) is 0.589. The molecule has 152 valence electrons. The number of aromatic nitrogens is 2. The van der Waals surface area contributed by atoms with Crippen LogP contribution in [0.2, 0.25) is 5.02 Å². The molecule has 0 aliphatic carbocycles. The lowest BCUT2D eigenvalue weighted by molar-refractivity contribution is -0.108. The minimum absolute atomic E-state index is 0.123. The summed E-state index contributed by atoms with van der Waals surface area (Å²) in [6, 6.07) is 5.58. The Kier molecular flexibility index (Phi) is 8.44. The number of carbonyl (C=O) groups is 1. The van der Waals surface area contributed by atoms with Gasteiger partial charge in [0.1, 0.15) is 22.9 Å². The molecule has 0 amide bonds. The molecule has 3 rings (SSSR count). The van der Waals surface area contributed by atoms with E-state index in [1.54, 1.807) is 37.5 Å². The van der Waals surface area contributed by atoms with Crippen molar-refractivity contribution in [3.05, 3.63) is 52.9 Å². The van der Waals surface area contributed by atoms with Crippen molar-refractivity contribution in [1.82, 2.24) is 14.9 Å². The molecule has 1 N–H and O–H groups in total. The molecular weight excluding hydrogens is 390 g/mol. The van der Waals surface area contributed by atoms with Crippen LogP contribution in [0.5, 0.6) is 5.75 Å². The molecule has 1 aliphatic heterocycles. The number of methoxy groups -OCH3 is 1. The number of anilines is 1. The van der Waals surface area contributed by atoms with Crippen LogP contribution >= 0.6 is 11.6 Å². The first-order valence-corrected chi connectivity index (χ1v) is 9.52. The smallest absolute Gasteiger partial charge is 0.179 e. The molecular formula is C21H24ClN5O2. The Hall–Kier alpha value is -3.11. The number of nitriles is 1. The molecule has 0 saturated carbocycles. The molecule has 7 nitrogen and oxygen atoms in total. The minimum Gasteiger partial charge on any atom is -0.495 e. The van der Waals surface area contributed by atoms with Crippen LogP contribution in [0.25, 0.3) is 5.57 Å². The Morgan fingerprint density at radius 1 is 1.38 bits per heavy atom. The van der Waals surface area contributed by atoms with Crippen LogP contribution in [0.1, 0.15) is 30.5 Å². The van der Waals surface area contributed by atoms with Crippen LogP contribution in [-0.2, 0) is 4.79 Å². The van der Waals surface area contributed by atoms with Gasteiger partial charge in [-0.3, -0.25) is 4.98 Å². The summed E-state index contributed by atoms with van der Waals surface area (Å²) in [6.07, 6.45) is 9.35. The maximum absolute atomic E-state index is 10.7. The molecule has 0 saturated heterocycles. The van der Waals surface area contributed by atoms with Crippen molar-refractivity contribution in [3.8, 4) is 11.9 Å². The van der Waals surface area contributed by atoms with E-state index in [0.717, 1.165) is 41.9 Å². The SMILES string of the molecule is CC(C=O)c1ccc(C2=CCCN(C#N)C2)nc1.CNc1cc(OC)c(Cl)cn1. The average Bonchev–Trinajstić information content (AvgIpc) is 2.79. The molecule has 1 unspecified atom stereocenters. The molecule has 8 heteroatoms. The Labute approximate surface area is 176 Å². The zero-order valence-corrected chi connectivity index (χ0v) is 17.5. The Morgan fingerprint density at radius 2 is 2.17 bits per heavy atom. The molecule has 2 aromatic rings. The van der Waals surface area contributed by atoms with Gasteiger partial charge in [-0.15, -0.1) is 0 Å². The molecule has 0 fully saturated rings. The molecule has 1 aliphatic rings. The Bertz CT molecular complexity index is 893. The van der Waals surface area contributed by atoms with Gasteiger partial charge in [0.25, 0.3) is 0 Å². The van der Waals surface area contributed by atoms with Crippen molar-refractivity contribution in [3.63, 3.8) is 0 Å². The highest BCUT2D eigenvalue weighted by atomic mass is 35.5. The number of nitrogens with one attached hydrogen (secondary N) is 1. The van der Waals surface area contributed by atoms with Gasteiger partial charge in [-0.05, 0) is 23.6 Å². The van der Waals surface area contributed by atoms with Crippen LogP contribution in [0.15, 0.2) is 36.7 Å². The lowest BCUT2D eigenvalue weighted by atomic mass is 10.0. The Morgan fingerprint density at radius 3 is 2.76 bits per heavy atom. The van der Waals surface area contributed by atoms with Crippen LogP contribution in [0.3, 0.4) is 0 Å². The number of nitrogens with zero attached hydrogens (tertiary/aromatic N) is 4. The van der Waals surface area contributed by atoms with Crippen LogP contribution < -0.4 is 10.1 Å². The van der Waals surface area contributed by atoms with Crippen molar-refractivity contribution in [2.75, 3.05) is 32.6 Å². The van der Waals surface area contributed by atoms with E-state index in [1.807, 2.05) is 19.1 Å². The normalized spacial score (nSPS) is 13.9. The standard InChI is InChI=1S/C14H15N3O.C7H9ClN2O/c1-11(9-18)12-4-5-14(16-7-12)13-3-2-6-17(8-13)10-15;1-9-7-3-6(11-2)5(8)4-10-7/h3-5,7,9,11H,2,6,8H2,1H3;3-4H,1-2H3,(H,9,10). The van der Waals surface area contributed by atoms with Gasteiger partial charge in [0.2, 0.25) is 0 Å². The van der Waals surface area contributed by atoms with Gasteiger partial charge in [-0.2, -0.15) is 5.26 Å². The highest BCUT2D eigenvalue weighted by molar-refractivity contribution is 6.31. The number of rotatable bonds is 5. The van der Waals surface area contributed by atoms with Crippen molar-refractivity contribution in [2.45, 2.75) is 19.3 Å². The average molecular weight is 414 g/mol. The van der Waals surface area contributed by atoms with Gasteiger partial charge in [0.05, 0.1) is 25.5 Å². The molecule has 0 bridgehead atoms. The third kappa shape index (κ3) is 6.19. The number of aldehydes is 1. The third-order valence-electron chi connectivity index (χ3n) is 4.43. The first-order valence-electron chi connectivity index (χ1n) is 9.15. The number of ether oxygens (including phenoxy) is 1. The fourth-order valence-corrected chi connectivity index (χ4v) is 2.85. The van der Waals surface area contributed by atoms with Crippen LogP contribution in [-0.4, -0.2) is 48.4 Å². The van der Waals surface area contributed by atoms with E-state index < -0.39 is 0 Å². The summed E-state index contributed by atoms with van der Waals surface area (Å²) in [6.45, 7) is 3.24.